The molecule has 0 spiro atoms. The number of sulfonamides is 1. The summed E-state index contributed by atoms with van der Waals surface area (Å²) in [5.74, 6) is -0.0367. The van der Waals surface area contributed by atoms with Crippen LogP contribution < -0.4 is 5.32 Å². The highest BCUT2D eigenvalue weighted by Crippen LogP contribution is 2.24. The average Bonchev–Trinajstić information content (AvgIpc) is 3.28. The molecule has 0 saturated carbocycles. The number of para-hydroxylation sites is 1. The molecule has 1 fully saturated rings. The lowest BCUT2D eigenvalue weighted by Gasteiger charge is -2.27. The van der Waals surface area contributed by atoms with Gasteiger partial charge in [-0.1, -0.05) is 31.2 Å². The summed E-state index contributed by atoms with van der Waals surface area (Å²) in [6, 6.07) is 16.0. The van der Waals surface area contributed by atoms with Crippen molar-refractivity contribution in [3.63, 3.8) is 0 Å². The van der Waals surface area contributed by atoms with Gasteiger partial charge in [-0.05, 0) is 36.2 Å². The molecule has 1 aliphatic rings. The monoisotopic (exact) mass is 440 g/mol. The highest BCUT2D eigenvalue weighted by Gasteiger charge is 2.29. The van der Waals surface area contributed by atoms with Crippen LogP contribution in [0.5, 0.6) is 0 Å². The van der Waals surface area contributed by atoms with Gasteiger partial charge >= 0.3 is 0 Å². The molecule has 1 N–H and O–H groups in total. The van der Waals surface area contributed by atoms with E-state index in [1.165, 1.54) is 10.4 Å². The van der Waals surface area contributed by atoms with E-state index in [2.05, 4.69) is 10.4 Å². The molecule has 0 unspecified atom stereocenters. The first kappa shape index (κ1) is 21.2. The molecular weight excluding hydrogens is 416 g/mol. The average molecular weight is 441 g/mol. The fourth-order valence-electron chi connectivity index (χ4n) is 3.46. The first-order valence-corrected chi connectivity index (χ1v) is 11.6. The van der Waals surface area contributed by atoms with Crippen molar-refractivity contribution in [2.24, 2.45) is 0 Å². The molecule has 0 radical (unpaired) electrons. The summed E-state index contributed by atoms with van der Waals surface area (Å²) in [5.41, 5.74) is 1.81. The topological polar surface area (TPSA) is 93.5 Å². The van der Waals surface area contributed by atoms with Gasteiger partial charge in [0.05, 0.1) is 23.8 Å². The Labute approximate surface area is 181 Å². The molecule has 31 heavy (non-hydrogen) atoms. The maximum atomic E-state index is 13.2. The molecule has 9 heteroatoms. The van der Waals surface area contributed by atoms with E-state index in [1.807, 2.05) is 37.3 Å². The number of hydrogen-bond acceptors (Lipinski definition) is 5. The fourth-order valence-corrected chi connectivity index (χ4v) is 5.19. The molecule has 0 bridgehead atoms. The number of ether oxygens (including phenoxy) is 1. The number of aryl methyl sites for hydroxylation is 1. The Balaban J connectivity index is 1.58. The number of hydrogen-bond donors (Lipinski definition) is 1. The van der Waals surface area contributed by atoms with E-state index >= 15 is 0 Å². The molecular formula is C22H24N4O4S. The maximum absolute atomic E-state index is 13.2. The fraction of sp³-hybridized carbons (Fsp3) is 0.273. The van der Waals surface area contributed by atoms with E-state index in [9.17, 15) is 13.2 Å². The minimum Gasteiger partial charge on any atom is -0.379 e. The Hall–Kier alpha value is -3.01. The first-order chi connectivity index (χ1) is 15.0. The van der Waals surface area contributed by atoms with Gasteiger partial charge in [-0.25, -0.2) is 13.1 Å². The van der Waals surface area contributed by atoms with Gasteiger partial charge in [0.25, 0.3) is 5.91 Å². The molecule has 8 nitrogen and oxygen atoms in total. The summed E-state index contributed by atoms with van der Waals surface area (Å²) in [5, 5.41) is 7.11. The van der Waals surface area contributed by atoms with E-state index in [0.717, 1.165) is 5.69 Å². The lowest BCUT2D eigenvalue weighted by Crippen LogP contribution is -2.41. The van der Waals surface area contributed by atoms with E-state index in [1.54, 1.807) is 29.1 Å². The van der Waals surface area contributed by atoms with E-state index in [0.29, 0.717) is 44.1 Å². The Bertz CT molecular complexity index is 1170. The van der Waals surface area contributed by atoms with E-state index in [4.69, 9.17) is 4.74 Å². The van der Waals surface area contributed by atoms with Crippen molar-refractivity contribution in [3.8, 4) is 5.69 Å². The van der Waals surface area contributed by atoms with Gasteiger partial charge < -0.3 is 10.1 Å². The second-order valence-electron chi connectivity index (χ2n) is 7.13. The molecule has 1 saturated heterocycles. The van der Waals surface area contributed by atoms with Crippen LogP contribution in [0.2, 0.25) is 0 Å². The smallest absolute Gasteiger partial charge is 0.256 e. The minimum absolute atomic E-state index is 0.166. The molecule has 4 rings (SSSR count). The van der Waals surface area contributed by atoms with Gasteiger partial charge in [0.1, 0.15) is 0 Å². The van der Waals surface area contributed by atoms with Gasteiger partial charge in [-0.3, -0.25) is 4.79 Å². The number of carbonyl (C=O) groups excluding carboxylic acids is 1. The molecule has 1 aliphatic heterocycles. The van der Waals surface area contributed by atoms with Crippen molar-refractivity contribution in [2.75, 3.05) is 31.6 Å². The standard InChI is InChI=1S/C22H24N4O4S/c1-2-17-8-9-18(16-20(17)31(28,29)25-12-14-30-15-13-25)22(27)23-21-10-11-26(24-21)19-6-4-3-5-7-19/h3-11,16H,2,12-15H2,1H3,(H,23,24,27). The number of carbonyl (C=O) groups is 1. The van der Waals surface area contributed by atoms with Gasteiger partial charge in [-0.15, -0.1) is 0 Å². The molecule has 0 aliphatic carbocycles. The Morgan fingerprint density at radius 1 is 1.10 bits per heavy atom. The van der Waals surface area contributed by atoms with E-state index in [-0.39, 0.29) is 10.5 Å². The zero-order valence-corrected chi connectivity index (χ0v) is 18.0. The first-order valence-electron chi connectivity index (χ1n) is 10.1. The van der Waals surface area contributed by atoms with Crippen LogP contribution in [0.15, 0.2) is 65.7 Å². The van der Waals surface area contributed by atoms with Crippen LogP contribution in [0, 0.1) is 0 Å². The largest absolute Gasteiger partial charge is 0.379 e. The minimum atomic E-state index is -3.71. The Kier molecular flexibility index (Phi) is 6.17. The predicted octanol–water partition coefficient (Wildman–Crippen LogP) is 2.71. The second kappa shape index (κ2) is 9.01. The molecule has 162 valence electrons. The lowest BCUT2D eigenvalue weighted by molar-refractivity contribution is 0.0730. The SMILES string of the molecule is CCc1ccc(C(=O)Nc2ccn(-c3ccccc3)n2)cc1S(=O)(=O)N1CCOCC1. The molecule has 1 amide bonds. The third-order valence-corrected chi connectivity index (χ3v) is 7.13. The van der Waals surface area contributed by atoms with Crippen molar-refractivity contribution in [3.05, 3.63) is 71.9 Å². The molecule has 2 aromatic carbocycles. The third-order valence-electron chi connectivity index (χ3n) is 5.15. The third kappa shape index (κ3) is 4.53. The van der Waals surface area contributed by atoms with Gasteiger partial charge in [0.2, 0.25) is 10.0 Å². The summed E-state index contributed by atoms with van der Waals surface area (Å²) < 4.78 is 34.7. The summed E-state index contributed by atoms with van der Waals surface area (Å²) in [6.45, 7) is 3.23. The van der Waals surface area contributed by atoms with Crippen molar-refractivity contribution in [2.45, 2.75) is 18.2 Å². The van der Waals surface area contributed by atoms with Crippen molar-refractivity contribution in [1.82, 2.24) is 14.1 Å². The molecule has 1 aromatic heterocycles. The molecule has 2 heterocycles. The lowest BCUT2D eigenvalue weighted by atomic mass is 10.1. The highest BCUT2D eigenvalue weighted by atomic mass is 32.2. The quantitative estimate of drug-likeness (QED) is 0.636. The van der Waals surface area contributed by atoms with Crippen LogP contribution in [0.25, 0.3) is 5.69 Å². The number of nitrogens with one attached hydrogen (secondary N) is 1. The van der Waals surface area contributed by atoms with E-state index < -0.39 is 15.9 Å². The van der Waals surface area contributed by atoms with Crippen LogP contribution in [0.1, 0.15) is 22.8 Å². The summed E-state index contributed by atoms with van der Waals surface area (Å²) in [7, 11) is -3.71. The Morgan fingerprint density at radius 3 is 2.55 bits per heavy atom. The number of aromatic nitrogens is 2. The number of morpholine rings is 1. The van der Waals surface area contributed by atoms with Crippen molar-refractivity contribution in [1.29, 1.82) is 0 Å². The van der Waals surface area contributed by atoms with Gasteiger partial charge in [-0.2, -0.15) is 9.40 Å². The predicted molar refractivity (Wildman–Crippen MR) is 117 cm³/mol. The number of anilines is 1. The summed E-state index contributed by atoms with van der Waals surface area (Å²) in [4.78, 5) is 13.0. The number of nitrogens with zero attached hydrogens (tertiary/aromatic N) is 3. The summed E-state index contributed by atoms with van der Waals surface area (Å²) in [6.07, 6.45) is 2.29. The van der Waals surface area contributed by atoms with Crippen LogP contribution in [0.3, 0.4) is 0 Å². The highest BCUT2D eigenvalue weighted by molar-refractivity contribution is 7.89. The molecule has 0 atom stereocenters. The second-order valence-corrected chi connectivity index (χ2v) is 9.03. The number of rotatable bonds is 6. The number of benzene rings is 2. The zero-order valence-electron chi connectivity index (χ0n) is 17.2. The van der Waals surface area contributed by atoms with Gasteiger partial charge in [0.15, 0.2) is 5.82 Å². The van der Waals surface area contributed by atoms with Crippen LogP contribution in [-0.2, 0) is 21.2 Å². The summed E-state index contributed by atoms with van der Waals surface area (Å²) >= 11 is 0. The van der Waals surface area contributed by atoms with Crippen molar-refractivity contribution < 1.29 is 17.9 Å². The normalized spacial score (nSPS) is 15.0. The van der Waals surface area contributed by atoms with Crippen LogP contribution >= 0.6 is 0 Å². The maximum Gasteiger partial charge on any atom is 0.256 e. The van der Waals surface area contributed by atoms with Crippen LogP contribution in [0.4, 0.5) is 5.82 Å². The Morgan fingerprint density at radius 2 is 1.84 bits per heavy atom. The van der Waals surface area contributed by atoms with Crippen molar-refractivity contribution >= 4 is 21.7 Å². The van der Waals surface area contributed by atoms with Crippen LogP contribution in [-0.4, -0.2) is 54.7 Å². The number of amides is 1. The van der Waals surface area contributed by atoms with Gasteiger partial charge in [0, 0.05) is 30.9 Å². The molecule has 3 aromatic rings. The zero-order chi connectivity index (χ0) is 21.8.